The summed E-state index contributed by atoms with van der Waals surface area (Å²) in [7, 11) is 1.19. The first-order valence-corrected chi connectivity index (χ1v) is 4.80. The molecule has 1 aromatic rings. The monoisotopic (exact) mass is 268 g/mol. The molecule has 94 valence electrons. The fraction of sp³-hybridized carbons (Fsp3) is 0.300. The zero-order valence-electron chi connectivity index (χ0n) is 8.68. The minimum atomic E-state index is -4.83. The average molecular weight is 269 g/mol. The van der Waals surface area contributed by atoms with Crippen LogP contribution in [-0.4, -0.2) is 19.4 Å². The van der Waals surface area contributed by atoms with Crippen molar-refractivity contribution in [2.24, 2.45) is 0 Å². The Morgan fingerprint density at radius 2 is 2.06 bits per heavy atom. The van der Waals surface area contributed by atoms with Crippen LogP contribution in [0.2, 0.25) is 5.02 Å². The van der Waals surface area contributed by atoms with Gasteiger partial charge in [0, 0.05) is 0 Å². The van der Waals surface area contributed by atoms with Crippen LogP contribution in [0.25, 0.3) is 0 Å². The molecule has 0 unspecified atom stereocenters. The first-order valence-electron chi connectivity index (χ1n) is 4.43. The van der Waals surface area contributed by atoms with Gasteiger partial charge in [0.05, 0.1) is 18.6 Å². The molecule has 3 nitrogen and oxygen atoms in total. The molecule has 0 spiro atoms. The maximum absolute atomic E-state index is 12.0. The summed E-state index contributed by atoms with van der Waals surface area (Å²) in [5.41, 5.74) is 0.320. The van der Waals surface area contributed by atoms with Gasteiger partial charge in [-0.2, -0.15) is 0 Å². The van der Waals surface area contributed by atoms with E-state index in [1.807, 2.05) is 0 Å². The summed E-state index contributed by atoms with van der Waals surface area (Å²) in [4.78, 5) is 10.9. The number of carbonyl (C=O) groups is 1. The maximum Gasteiger partial charge on any atom is 0.573 e. The molecule has 17 heavy (non-hydrogen) atoms. The van der Waals surface area contributed by atoms with Gasteiger partial charge in [0.2, 0.25) is 0 Å². The fourth-order valence-corrected chi connectivity index (χ4v) is 1.26. The Kier molecular flexibility index (Phi) is 4.22. The lowest BCUT2D eigenvalue weighted by molar-refractivity contribution is -0.274. The molecule has 0 N–H and O–H groups in total. The number of methoxy groups -OCH3 is 1. The Hall–Kier alpha value is -1.43. The Balaban J connectivity index is 2.90. The predicted octanol–water partition coefficient (Wildman–Crippen LogP) is 2.95. The maximum atomic E-state index is 12.0. The Morgan fingerprint density at radius 3 is 2.59 bits per heavy atom. The average Bonchev–Trinajstić information content (AvgIpc) is 2.21. The summed E-state index contributed by atoms with van der Waals surface area (Å²) in [6.45, 7) is 0. The topological polar surface area (TPSA) is 35.5 Å². The minimum Gasteiger partial charge on any atom is -0.469 e. The highest BCUT2D eigenvalue weighted by molar-refractivity contribution is 6.32. The normalized spacial score (nSPS) is 11.1. The van der Waals surface area contributed by atoms with Gasteiger partial charge < -0.3 is 9.47 Å². The number of carbonyl (C=O) groups excluding carboxylic acids is 1. The summed E-state index contributed by atoms with van der Waals surface area (Å²) < 4.78 is 44.1. The molecular weight excluding hydrogens is 261 g/mol. The predicted molar refractivity (Wildman–Crippen MR) is 53.9 cm³/mol. The van der Waals surface area contributed by atoms with Crippen LogP contribution in [0.15, 0.2) is 18.2 Å². The van der Waals surface area contributed by atoms with E-state index in [1.54, 1.807) is 0 Å². The lowest BCUT2D eigenvalue weighted by Gasteiger charge is -2.11. The van der Waals surface area contributed by atoms with Gasteiger partial charge in [-0.05, 0) is 17.7 Å². The largest absolute Gasteiger partial charge is 0.573 e. The van der Waals surface area contributed by atoms with Gasteiger partial charge in [-0.1, -0.05) is 17.7 Å². The van der Waals surface area contributed by atoms with Crippen LogP contribution in [0.3, 0.4) is 0 Å². The molecule has 0 aromatic heterocycles. The second kappa shape index (κ2) is 5.27. The quantitative estimate of drug-likeness (QED) is 0.791. The summed E-state index contributed by atoms with van der Waals surface area (Å²) in [5, 5.41) is -0.184. The van der Waals surface area contributed by atoms with E-state index in [0.717, 1.165) is 6.07 Å². The molecule has 7 heteroatoms. The summed E-state index contributed by atoms with van der Waals surface area (Å²) >= 11 is 5.53. The smallest absolute Gasteiger partial charge is 0.469 e. The SMILES string of the molecule is COC(=O)Cc1ccc(Cl)c(OC(F)(F)F)c1. The van der Waals surface area contributed by atoms with Crippen LogP contribution >= 0.6 is 11.6 Å². The molecule has 0 heterocycles. The second-order valence-electron chi connectivity index (χ2n) is 3.07. The van der Waals surface area contributed by atoms with Crippen molar-refractivity contribution in [2.45, 2.75) is 12.8 Å². The van der Waals surface area contributed by atoms with Crippen molar-refractivity contribution in [3.8, 4) is 5.75 Å². The van der Waals surface area contributed by atoms with Crippen molar-refractivity contribution in [3.63, 3.8) is 0 Å². The van der Waals surface area contributed by atoms with E-state index in [1.165, 1.54) is 19.2 Å². The number of hydrogen-bond acceptors (Lipinski definition) is 3. The van der Waals surface area contributed by atoms with E-state index in [2.05, 4.69) is 9.47 Å². The molecule has 0 amide bonds. The van der Waals surface area contributed by atoms with Crippen molar-refractivity contribution in [1.29, 1.82) is 0 Å². The van der Waals surface area contributed by atoms with Crippen LogP contribution in [-0.2, 0) is 16.0 Å². The van der Waals surface area contributed by atoms with Crippen molar-refractivity contribution in [3.05, 3.63) is 28.8 Å². The van der Waals surface area contributed by atoms with Crippen LogP contribution in [0, 0.1) is 0 Å². The Bertz CT molecular complexity index is 418. The molecule has 0 atom stereocenters. The van der Waals surface area contributed by atoms with Crippen molar-refractivity contribution in [2.75, 3.05) is 7.11 Å². The van der Waals surface area contributed by atoms with E-state index < -0.39 is 18.1 Å². The van der Waals surface area contributed by atoms with E-state index in [9.17, 15) is 18.0 Å². The van der Waals surface area contributed by atoms with Gasteiger partial charge in [0.25, 0.3) is 0 Å². The molecule has 1 aromatic carbocycles. The minimum absolute atomic E-state index is 0.151. The van der Waals surface area contributed by atoms with E-state index in [-0.39, 0.29) is 11.4 Å². The van der Waals surface area contributed by atoms with E-state index in [0.29, 0.717) is 5.56 Å². The molecule has 0 aliphatic carbocycles. The number of rotatable bonds is 3. The zero-order chi connectivity index (χ0) is 13.1. The number of benzene rings is 1. The van der Waals surface area contributed by atoms with Crippen LogP contribution < -0.4 is 4.74 Å². The number of halogens is 4. The molecule has 0 aliphatic rings. The van der Waals surface area contributed by atoms with Crippen LogP contribution in [0.1, 0.15) is 5.56 Å². The molecular formula is C10H8ClF3O3. The van der Waals surface area contributed by atoms with Crippen molar-refractivity contribution in [1.82, 2.24) is 0 Å². The second-order valence-corrected chi connectivity index (χ2v) is 3.47. The summed E-state index contributed by atoms with van der Waals surface area (Å²) in [6, 6.07) is 3.69. The third kappa shape index (κ3) is 4.52. The lowest BCUT2D eigenvalue weighted by Crippen LogP contribution is -2.17. The number of alkyl halides is 3. The molecule has 0 fully saturated rings. The molecule has 0 saturated carbocycles. The highest BCUT2D eigenvalue weighted by Gasteiger charge is 2.32. The molecule has 0 radical (unpaired) electrons. The zero-order valence-corrected chi connectivity index (χ0v) is 9.43. The number of esters is 1. The fourth-order valence-electron chi connectivity index (χ4n) is 1.10. The number of ether oxygens (including phenoxy) is 2. The van der Waals surface area contributed by atoms with Crippen LogP contribution in [0.4, 0.5) is 13.2 Å². The number of hydrogen-bond donors (Lipinski definition) is 0. The summed E-state index contributed by atoms with van der Waals surface area (Å²) in [6.07, 6.45) is -4.98. The van der Waals surface area contributed by atoms with Gasteiger partial charge in [-0.3, -0.25) is 4.79 Å². The van der Waals surface area contributed by atoms with Crippen molar-refractivity contribution >= 4 is 17.6 Å². The first-order chi connectivity index (χ1) is 7.81. The highest BCUT2D eigenvalue weighted by atomic mass is 35.5. The molecule has 0 saturated heterocycles. The molecule has 0 bridgehead atoms. The lowest BCUT2D eigenvalue weighted by atomic mass is 10.1. The van der Waals surface area contributed by atoms with Gasteiger partial charge in [0.1, 0.15) is 5.75 Å². The standard InChI is InChI=1S/C10H8ClF3O3/c1-16-9(15)5-6-2-3-7(11)8(4-6)17-10(12,13)14/h2-4H,5H2,1H3. The van der Waals surface area contributed by atoms with Gasteiger partial charge in [-0.15, -0.1) is 13.2 Å². The Labute approximate surface area is 100 Å². The third-order valence-electron chi connectivity index (χ3n) is 1.80. The van der Waals surface area contributed by atoms with Gasteiger partial charge >= 0.3 is 12.3 Å². The van der Waals surface area contributed by atoms with Gasteiger partial charge in [-0.25, -0.2) is 0 Å². The van der Waals surface area contributed by atoms with E-state index >= 15 is 0 Å². The van der Waals surface area contributed by atoms with Gasteiger partial charge in [0.15, 0.2) is 0 Å². The first kappa shape index (κ1) is 13.6. The van der Waals surface area contributed by atoms with Crippen molar-refractivity contribution < 1.29 is 27.4 Å². The Morgan fingerprint density at radius 1 is 1.41 bits per heavy atom. The van der Waals surface area contributed by atoms with Crippen LogP contribution in [0.5, 0.6) is 5.75 Å². The summed E-state index contributed by atoms with van der Waals surface area (Å²) in [5.74, 6) is -1.11. The van der Waals surface area contributed by atoms with E-state index in [4.69, 9.17) is 11.6 Å². The molecule has 1 rings (SSSR count). The molecule has 0 aliphatic heterocycles. The third-order valence-corrected chi connectivity index (χ3v) is 2.11. The highest BCUT2D eigenvalue weighted by Crippen LogP contribution is 2.31.